The number of unbranched alkanes of at least 4 members (excludes halogenated alkanes) is 4. The van der Waals surface area contributed by atoms with Crippen LogP contribution >= 0.6 is 0 Å². The van der Waals surface area contributed by atoms with Gasteiger partial charge in [0, 0.05) is 0 Å². The Balaban J connectivity index is 3.61. The summed E-state index contributed by atoms with van der Waals surface area (Å²) in [6.07, 6.45) is 10.8. The zero-order chi connectivity index (χ0) is 13.3. The zero-order valence-electron chi connectivity index (χ0n) is 12.1. The summed E-state index contributed by atoms with van der Waals surface area (Å²) >= 11 is 0. The molecule has 17 heavy (non-hydrogen) atoms. The molecule has 0 nitrogen and oxygen atoms in total. The summed E-state index contributed by atoms with van der Waals surface area (Å²) in [6.45, 7) is 16.3. The highest BCUT2D eigenvalue weighted by Gasteiger charge is 1.92. The summed E-state index contributed by atoms with van der Waals surface area (Å²) in [5.41, 5.74) is 5.04. The van der Waals surface area contributed by atoms with E-state index in [-0.39, 0.29) is 0 Å². The van der Waals surface area contributed by atoms with Gasteiger partial charge in [0.2, 0.25) is 0 Å². The standard InChI is InChI=1S/C17H28/c1-14(2)16(5)12-10-8-7-9-11-13-17(6)15(3)4/h12-13H,1,3,7-11H2,2,4-6H3. The van der Waals surface area contributed by atoms with Gasteiger partial charge in [-0.05, 0) is 53.4 Å². The van der Waals surface area contributed by atoms with E-state index in [2.05, 4.69) is 53.0 Å². The van der Waals surface area contributed by atoms with Crippen LogP contribution in [0.2, 0.25) is 0 Å². The van der Waals surface area contributed by atoms with Crippen LogP contribution < -0.4 is 0 Å². The molecule has 0 radical (unpaired) electrons. The van der Waals surface area contributed by atoms with E-state index in [0.717, 1.165) is 0 Å². The molecule has 0 aliphatic carbocycles. The average Bonchev–Trinajstić information content (AvgIpc) is 2.26. The van der Waals surface area contributed by atoms with Gasteiger partial charge >= 0.3 is 0 Å². The van der Waals surface area contributed by atoms with Crippen LogP contribution in [0, 0.1) is 0 Å². The molecule has 96 valence electrons. The first kappa shape index (κ1) is 16.0. The SMILES string of the molecule is C=C(C)C(C)=CCCCCCC=C(C)C(=C)C. The van der Waals surface area contributed by atoms with Gasteiger partial charge in [0.05, 0.1) is 0 Å². The Hall–Kier alpha value is -1.04. The summed E-state index contributed by atoms with van der Waals surface area (Å²) < 4.78 is 0. The van der Waals surface area contributed by atoms with Crippen molar-refractivity contribution >= 4 is 0 Å². The molecule has 0 fully saturated rings. The highest BCUT2D eigenvalue weighted by molar-refractivity contribution is 5.23. The maximum absolute atomic E-state index is 3.93. The van der Waals surface area contributed by atoms with Crippen LogP contribution in [0.1, 0.15) is 59.8 Å². The molecule has 0 heteroatoms. The fourth-order valence-electron chi connectivity index (χ4n) is 1.45. The van der Waals surface area contributed by atoms with Crippen LogP contribution in [-0.2, 0) is 0 Å². The van der Waals surface area contributed by atoms with Crippen molar-refractivity contribution in [2.75, 3.05) is 0 Å². The van der Waals surface area contributed by atoms with Gasteiger partial charge in [-0.1, -0.05) is 54.0 Å². The second-order valence-corrected chi connectivity index (χ2v) is 4.97. The molecule has 0 atom stereocenters. The zero-order valence-corrected chi connectivity index (χ0v) is 12.1. The largest absolute Gasteiger partial charge is 0.0959 e. The summed E-state index contributed by atoms with van der Waals surface area (Å²) in [5.74, 6) is 0. The maximum Gasteiger partial charge on any atom is -0.0345 e. The molecule has 0 aromatic carbocycles. The molecule has 0 saturated carbocycles. The normalized spacial score (nSPS) is 12.7. The van der Waals surface area contributed by atoms with E-state index in [1.54, 1.807) is 0 Å². The average molecular weight is 232 g/mol. The van der Waals surface area contributed by atoms with Crippen LogP contribution in [0.3, 0.4) is 0 Å². The Labute approximate surface area is 108 Å². The third-order valence-electron chi connectivity index (χ3n) is 3.16. The van der Waals surface area contributed by atoms with E-state index >= 15 is 0 Å². The number of hydrogen-bond acceptors (Lipinski definition) is 0. The van der Waals surface area contributed by atoms with Crippen LogP contribution in [0.25, 0.3) is 0 Å². The lowest BCUT2D eigenvalue weighted by molar-refractivity contribution is 0.693. The van der Waals surface area contributed by atoms with E-state index in [1.165, 1.54) is 54.4 Å². The highest BCUT2D eigenvalue weighted by atomic mass is 14.0. The maximum atomic E-state index is 3.93. The van der Waals surface area contributed by atoms with Gasteiger partial charge < -0.3 is 0 Å². The van der Waals surface area contributed by atoms with Crippen molar-refractivity contribution in [2.45, 2.75) is 59.8 Å². The molecular formula is C17H28. The smallest absolute Gasteiger partial charge is 0.0345 e. The Morgan fingerprint density at radius 3 is 1.35 bits per heavy atom. The Morgan fingerprint density at radius 1 is 0.706 bits per heavy atom. The first-order valence-electron chi connectivity index (χ1n) is 6.60. The Morgan fingerprint density at radius 2 is 1.06 bits per heavy atom. The second kappa shape index (κ2) is 9.04. The van der Waals surface area contributed by atoms with E-state index in [0.29, 0.717) is 0 Å². The number of hydrogen-bond donors (Lipinski definition) is 0. The molecule has 0 rings (SSSR count). The molecular weight excluding hydrogens is 204 g/mol. The van der Waals surface area contributed by atoms with Crippen molar-refractivity contribution in [1.29, 1.82) is 0 Å². The monoisotopic (exact) mass is 232 g/mol. The molecule has 0 unspecified atom stereocenters. The number of rotatable bonds is 8. The fourth-order valence-corrected chi connectivity index (χ4v) is 1.45. The third kappa shape index (κ3) is 8.74. The van der Waals surface area contributed by atoms with E-state index < -0.39 is 0 Å². The van der Waals surface area contributed by atoms with Crippen LogP contribution in [0.15, 0.2) is 47.6 Å². The third-order valence-corrected chi connectivity index (χ3v) is 3.16. The predicted molar refractivity (Wildman–Crippen MR) is 80.2 cm³/mol. The molecule has 0 N–H and O–H groups in total. The minimum Gasteiger partial charge on any atom is -0.0959 e. The van der Waals surface area contributed by atoms with Gasteiger partial charge in [-0.3, -0.25) is 0 Å². The van der Waals surface area contributed by atoms with E-state index in [9.17, 15) is 0 Å². The van der Waals surface area contributed by atoms with Crippen molar-refractivity contribution in [3.8, 4) is 0 Å². The Bertz CT molecular complexity index is 281. The topological polar surface area (TPSA) is 0 Å². The lowest BCUT2D eigenvalue weighted by Crippen LogP contribution is -1.81. The van der Waals surface area contributed by atoms with Crippen molar-refractivity contribution in [3.63, 3.8) is 0 Å². The van der Waals surface area contributed by atoms with Crippen LogP contribution in [0.5, 0.6) is 0 Å². The molecule has 0 aromatic heterocycles. The van der Waals surface area contributed by atoms with E-state index in [1.807, 2.05) is 0 Å². The van der Waals surface area contributed by atoms with Gasteiger partial charge in [-0.2, -0.15) is 0 Å². The molecule has 0 aromatic rings. The minimum absolute atomic E-state index is 1.18. The van der Waals surface area contributed by atoms with Crippen molar-refractivity contribution in [2.24, 2.45) is 0 Å². The predicted octanol–water partition coefficient (Wildman–Crippen LogP) is 5.98. The van der Waals surface area contributed by atoms with Crippen LogP contribution in [0.4, 0.5) is 0 Å². The quantitative estimate of drug-likeness (QED) is 0.356. The highest BCUT2D eigenvalue weighted by Crippen LogP contribution is 2.12. The van der Waals surface area contributed by atoms with Gasteiger partial charge in [-0.25, -0.2) is 0 Å². The molecule has 0 aliphatic heterocycles. The summed E-state index contributed by atoms with van der Waals surface area (Å²) in [5, 5.41) is 0. The Kier molecular flexibility index (Phi) is 8.49. The van der Waals surface area contributed by atoms with Gasteiger partial charge in [0.25, 0.3) is 0 Å². The molecule has 0 amide bonds. The first-order chi connectivity index (χ1) is 7.95. The minimum atomic E-state index is 1.18. The van der Waals surface area contributed by atoms with Crippen molar-refractivity contribution in [3.05, 3.63) is 47.6 Å². The lowest BCUT2D eigenvalue weighted by atomic mass is 10.1. The molecule has 0 heterocycles. The molecule has 0 saturated heterocycles. The summed E-state index contributed by atoms with van der Waals surface area (Å²) in [7, 11) is 0. The van der Waals surface area contributed by atoms with Gasteiger partial charge in [0.1, 0.15) is 0 Å². The van der Waals surface area contributed by atoms with Crippen LogP contribution in [-0.4, -0.2) is 0 Å². The van der Waals surface area contributed by atoms with Crippen molar-refractivity contribution in [1.82, 2.24) is 0 Å². The molecule has 0 bridgehead atoms. The first-order valence-corrected chi connectivity index (χ1v) is 6.60. The fraction of sp³-hybridized carbons (Fsp3) is 0.529. The second-order valence-electron chi connectivity index (χ2n) is 4.97. The van der Waals surface area contributed by atoms with Crippen molar-refractivity contribution < 1.29 is 0 Å². The van der Waals surface area contributed by atoms with E-state index in [4.69, 9.17) is 0 Å². The molecule has 0 spiro atoms. The summed E-state index contributed by atoms with van der Waals surface area (Å²) in [4.78, 5) is 0. The molecule has 0 aliphatic rings. The van der Waals surface area contributed by atoms with Gasteiger partial charge in [-0.15, -0.1) is 0 Å². The number of allylic oxidation sites excluding steroid dienone is 6. The lowest BCUT2D eigenvalue weighted by Gasteiger charge is -2.01. The summed E-state index contributed by atoms with van der Waals surface area (Å²) in [6, 6.07) is 0. The van der Waals surface area contributed by atoms with Gasteiger partial charge in [0.15, 0.2) is 0 Å².